The quantitative estimate of drug-likeness (QED) is 0.638. The lowest BCUT2D eigenvalue weighted by molar-refractivity contribution is 0.0529. The maximum atomic E-state index is 11.2. The molecule has 0 radical (unpaired) electrons. The van der Waals surface area contributed by atoms with Crippen LogP contribution in [0.3, 0.4) is 0 Å². The fraction of sp³-hybridized carbons (Fsp3) is 0.455. The summed E-state index contributed by atoms with van der Waals surface area (Å²) >= 11 is 1.57. The Balaban J connectivity index is 2.44. The van der Waals surface area contributed by atoms with Gasteiger partial charge in [0.1, 0.15) is 5.60 Å². The summed E-state index contributed by atoms with van der Waals surface area (Å²) in [7, 11) is 0. The second-order valence-corrected chi connectivity index (χ2v) is 5.29. The highest BCUT2D eigenvalue weighted by Gasteiger charge is 2.15. The first kappa shape index (κ1) is 12.7. The summed E-state index contributed by atoms with van der Waals surface area (Å²) in [6.45, 7) is 7.41. The van der Waals surface area contributed by atoms with E-state index < -0.39 is 11.7 Å². The van der Waals surface area contributed by atoms with Gasteiger partial charge in [-0.2, -0.15) is 5.10 Å². The average molecular weight is 240 g/mol. The van der Waals surface area contributed by atoms with E-state index in [1.807, 2.05) is 18.4 Å². The molecule has 0 aromatic carbocycles. The van der Waals surface area contributed by atoms with Crippen molar-refractivity contribution in [1.29, 1.82) is 0 Å². The fourth-order valence-corrected chi connectivity index (χ4v) is 1.75. The van der Waals surface area contributed by atoms with Crippen LogP contribution in [0, 0.1) is 6.92 Å². The zero-order valence-corrected chi connectivity index (χ0v) is 10.7. The van der Waals surface area contributed by atoms with Crippen LogP contribution in [0.4, 0.5) is 4.79 Å². The number of hydrogen-bond donors (Lipinski definition) is 1. The molecule has 0 atom stereocenters. The van der Waals surface area contributed by atoms with Gasteiger partial charge >= 0.3 is 6.09 Å². The maximum Gasteiger partial charge on any atom is 0.428 e. The standard InChI is InChI=1S/C11H16N2O2S/c1-8-5-6-16-9(8)7-12-13-10(14)15-11(2,3)4/h5-7H,1-4H3,(H,13,14)/b12-7-. The molecule has 0 aliphatic heterocycles. The summed E-state index contributed by atoms with van der Waals surface area (Å²) in [6.07, 6.45) is 1.07. The molecule has 0 aliphatic rings. The number of hydrazone groups is 1. The van der Waals surface area contributed by atoms with Gasteiger partial charge < -0.3 is 4.74 Å². The summed E-state index contributed by atoms with van der Waals surface area (Å²) in [5.74, 6) is 0. The molecule has 0 bridgehead atoms. The van der Waals surface area contributed by atoms with E-state index in [2.05, 4.69) is 10.5 Å². The van der Waals surface area contributed by atoms with Crippen molar-refractivity contribution in [2.45, 2.75) is 33.3 Å². The van der Waals surface area contributed by atoms with Crippen LogP contribution in [-0.4, -0.2) is 17.9 Å². The molecule has 0 saturated heterocycles. The van der Waals surface area contributed by atoms with E-state index in [1.165, 1.54) is 0 Å². The van der Waals surface area contributed by atoms with Crippen molar-refractivity contribution in [2.75, 3.05) is 0 Å². The Morgan fingerprint density at radius 1 is 1.56 bits per heavy atom. The lowest BCUT2D eigenvalue weighted by Gasteiger charge is -2.18. The van der Waals surface area contributed by atoms with Crippen molar-refractivity contribution >= 4 is 23.6 Å². The van der Waals surface area contributed by atoms with Crippen LogP contribution >= 0.6 is 11.3 Å². The van der Waals surface area contributed by atoms with E-state index in [0.29, 0.717) is 0 Å². The van der Waals surface area contributed by atoms with Crippen LogP contribution in [0.2, 0.25) is 0 Å². The molecular weight excluding hydrogens is 224 g/mol. The van der Waals surface area contributed by atoms with Crippen LogP contribution in [0.1, 0.15) is 31.2 Å². The lowest BCUT2D eigenvalue weighted by atomic mass is 10.2. The van der Waals surface area contributed by atoms with E-state index in [1.54, 1.807) is 38.3 Å². The summed E-state index contributed by atoms with van der Waals surface area (Å²) in [4.78, 5) is 12.3. The van der Waals surface area contributed by atoms with Crippen molar-refractivity contribution in [3.8, 4) is 0 Å². The SMILES string of the molecule is Cc1ccsc1/C=N\NC(=O)OC(C)(C)C. The Bertz CT molecular complexity index is 391. The number of aryl methyl sites for hydroxylation is 1. The summed E-state index contributed by atoms with van der Waals surface area (Å²) < 4.78 is 5.03. The first-order valence-corrected chi connectivity index (χ1v) is 5.82. The monoisotopic (exact) mass is 240 g/mol. The number of carbonyl (C=O) groups excluding carboxylic acids is 1. The van der Waals surface area contributed by atoms with Gasteiger partial charge in [0.05, 0.1) is 6.21 Å². The van der Waals surface area contributed by atoms with Crippen LogP contribution < -0.4 is 5.43 Å². The number of rotatable bonds is 2. The predicted molar refractivity (Wildman–Crippen MR) is 66.0 cm³/mol. The van der Waals surface area contributed by atoms with E-state index in [0.717, 1.165) is 10.4 Å². The number of ether oxygens (including phenoxy) is 1. The largest absolute Gasteiger partial charge is 0.443 e. The minimum Gasteiger partial charge on any atom is -0.443 e. The van der Waals surface area contributed by atoms with E-state index >= 15 is 0 Å². The van der Waals surface area contributed by atoms with E-state index in [4.69, 9.17) is 4.74 Å². The van der Waals surface area contributed by atoms with Gasteiger partial charge in [-0.25, -0.2) is 10.2 Å². The highest BCUT2D eigenvalue weighted by atomic mass is 32.1. The summed E-state index contributed by atoms with van der Waals surface area (Å²) in [5, 5.41) is 5.80. The van der Waals surface area contributed by atoms with Gasteiger partial charge in [-0.15, -0.1) is 11.3 Å². The van der Waals surface area contributed by atoms with Crippen LogP contribution in [0.5, 0.6) is 0 Å². The number of carbonyl (C=O) groups is 1. The molecule has 1 aromatic heterocycles. The van der Waals surface area contributed by atoms with Crippen molar-refractivity contribution in [3.05, 3.63) is 21.9 Å². The van der Waals surface area contributed by atoms with Crippen molar-refractivity contribution in [1.82, 2.24) is 5.43 Å². The van der Waals surface area contributed by atoms with Gasteiger partial charge in [0.25, 0.3) is 0 Å². The molecule has 16 heavy (non-hydrogen) atoms. The molecule has 1 rings (SSSR count). The minimum atomic E-state index is -0.544. The molecule has 0 saturated carbocycles. The van der Waals surface area contributed by atoms with Crippen molar-refractivity contribution < 1.29 is 9.53 Å². The average Bonchev–Trinajstić information content (AvgIpc) is 2.48. The number of thiophene rings is 1. The molecule has 1 N–H and O–H groups in total. The van der Waals surface area contributed by atoms with Gasteiger partial charge in [-0.05, 0) is 44.7 Å². The number of nitrogens with zero attached hydrogens (tertiary/aromatic N) is 1. The zero-order valence-electron chi connectivity index (χ0n) is 9.90. The number of nitrogens with one attached hydrogen (secondary N) is 1. The molecule has 0 aliphatic carbocycles. The first-order valence-electron chi connectivity index (χ1n) is 4.94. The second-order valence-electron chi connectivity index (χ2n) is 4.34. The fourth-order valence-electron chi connectivity index (χ4n) is 0.961. The van der Waals surface area contributed by atoms with Crippen LogP contribution in [0.25, 0.3) is 0 Å². The molecule has 5 heteroatoms. The second kappa shape index (κ2) is 5.12. The van der Waals surface area contributed by atoms with Gasteiger partial charge in [0, 0.05) is 4.88 Å². The third-order valence-corrected chi connectivity index (χ3v) is 2.59. The smallest absolute Gasteiger partial charge is 0.428 e. The van der Waals surface area contributed by atoms with Gasteiger partial charge in [-0.3, -0.25) is 0 Å². The molecule has 1 aromatic rings. The zero-order chi connectivity index (χ0) is 12.2. The lowest BCUT2D eigenvalue weighted by Crippen LogP contribution is -2.29. The molecule has 4 nitrogen and oxygen atoms in total. The highest BCUT2D eigenvalue weighted by Crippen LogP contribution is 2.12. The van der Waals surface area contributed by atoms with Gasteiger partial charge in [0.2, 0.25) is 0 Å². The minimum absolute atomic E-state index is 0.502. The van der Waals surface area contributed by atoms with Crippen molar-refractivity contribution in [2.24, 2.45) is 5.10 Å². The van der Waals surface area contributed by atoms with Gasteiger partial charge in [-0.1, -0.05) is 0 Å². The van der Waals surface area contributed by atoms with Crippen LogP contribution in [0.15, 0.2) is 16.5 Å². The first-order chi connectivity index (χ1) is 7.38. The Labute approximate surface area is 99.3 Å². The molecular formula is C11H16N2O2S. The molecule has 0 fully saturated rings. The van der Waals surface area contributed by atoms with E-state index in [9.17, 15) is 4.79 Å². The Morgan fingerprint density at radius 3 is 2.75 bits per heavy atom. The number of hydrogen-bond acceptors (Lipinski definition) is 4. The Kier molecular flexibility index (Phi) is 4.06. The molecule has 88 valence electrons. The van der Waals surface area contributed by atoms with Gasteiger partial charge in [0.15, 0.2) is 0 Å². The summed E-state index contributed by atoms with van der Waals surface area (Å²) in [5.41, 5.74) is 2.96. The molecule has 1 amide bonds. The maximum absolute atomic E-state index is 11.2. The molecule has 0 spiro atoms. The topological polar surface area (TPSA) is 50.7 Å². The van der Waals surface area contributed by atoms with E-state index in [-0.39, 0.29) is 0 Å². The Hall–Kier alpha value is -1.36. The van der Waals surface area contributed by atoms with Crippen LogP contribution in [-0.2, 0) is 4.74 Å². The third kappa shape index (κ3) is 4.44. The number of amides is 1. The highest BCUT2D eigenvalue weighted by molar-refractivity contribution is 7.11. The molecule has 0 unspecified atom stereocenters. The Morgan fingerprint density at radius 2 is 2.25 bits per heavy atom. The normalized spacial score (nSPS) is 11.8. The third-order valence-electron chi connectivity index (χ3n) is 1.64. The summed E-state index contributed by atoms with van der Waals surface area (Å²) in [6, 6.07) is 2.00. The molecule has 1 heterocycles. The van der Waals surface area contributed by atoms with Crippen molar-refractivity contribution in [3.63, 3.8) is 0 Å². The predicted octanol–water partition coefficient (Wildman–Crippen LogP) is 2.92.